The van der Waals surface area contributed by atoms with Gasteiger partial charge in [-0.1, -0.05) is 13.0 Å². The number of ether oxygens (including phenoxy) is 2. The second-order valence-electron chi connectivity index (χ2n) is 5.05. The average molecular weight is 330 g/mol. The van der Waals surface area contributed by atoms with Gasteiger partial charge in [-0.3, -0.25) is 14.8 Å². The maximum Gasteiger partial charge on any atom is 0.330 e. The number of benzene rings is 1. The van der Waals surface area contributed by atoms with Crippen LogP contribution in [-0.2, 0) is 16.0 Å². The van der Waals surface area contributed by atoms with Crippen molar-refractivity contribution in [2.24, 2.45) is 0 Å². The smallest absolute Gasteiger partial charge is 0.330 e. The van der Waals surface area contributed by atoms with Crippen LogP contribution in [0.25, 0.3) is 6.08 Å². The Balaban J connectivity index is 2.32. The van der Waals surface area contributed by atoms with Gasteiger partial charge in [-0.2, -0.15) is 0 Å². The van der Waals surface area contributed by atoms with Gasteiger partial charge >= 0.3 is 11.7 Å². The van der Waals surface area contributed by atoms with Crippen molar-refractivity contribution in [2.45, 2.75) is 20.3 Å². The molecule has 1 aromatic carbocycles. The van der Waals surface area contributed by atoms with E-state index in [4.69, 9.17) is 4.74 Å². The molecular weight excluding hydrogens is 312 g/mol. The Bertz CT molecular complexity index is 893. The Hall–Kier alpha value is -3.09. The number of carbonyl (C=O) groups is 1. The van der Waals surface area contributed by atoms with Crippen LogP contribution in [0.4, 0.5) is 0 Å². The van der Waals surface area contributed by atoms with E-state index < -0.39 is 17.2 Å². The Morgan fingerprint density at radius 1 is 1.25 bits per heavy atom. The summed E-state index contributed by atoms with van der Waals surface area (Å²) in [5.74, 6) is 0.190. The fraction of sp³-hybridized carbons (Fsp3) is 0.235. The topological polar surface area (TPSA) is 101 Å². The van der Waals surface area contributed by atoms with Gasteiger partial charge in [-0.15, -0.1) is 0 Å². The number of hydrogen-bond donors (Lipinski definition) is 2. The SMILES string of the molecule is CCc1c(Oc2ccc(/C=C/C(=O)OC)cc2C)[nH]c(=O)[nH]c1=O. The zero-order valence-corrected chi connectivity index (χ0v) is 13.6. The molecule has 2 aromatic rings. The largest absolute Gasteiger partial charge is 0.466 e. The number of aromatic nitrogens is 2. The first-order valence-electron chi connectivity index (χ1n) is 7.34. The molecule has 0 radical (unpaired) electrons. The van der Waals surface area contributed by atoms with E-state index in [-0.39, 0.29) is 5.88 Å². The summed E-state index contributed by atoms with van der Waals surface area (Å²) in [5.41, 5.74) is 0.850. The molecular formula is C17H18N2O5. The Kier molecular flexibility index (Phi) is 5.36. The first-order chi connectivity index (χ1) is 11.4. The maximum absolute atomic E-state index is 11.8. The minimum atomic E-state index is -0.623. The van der Waals surface area contributed by atoms with Crippen molar-refractivity contribution in [1.29, 1.82) is 0 Å². The van der Waals surface area contributed by atoms with Crippen LogP contribution >= 0.6 is 0 Å². The minimum absolute atomic E-state index is 0.132. The van der Waals surface area contributed by atoms with Gasteiger partial charge in [0.1, 0.15) is 5.75 Å². The number of hydrogen-bond acceptors (Lipinski definition) is 5. The van der Waals surface area contributed by atoms with Crippen molar-refractivity contribution in [3.63, 3.8) is 0 Å². The molecule has 0 aliphatic carbocycles. The van der Waals surface area contributed by atoms with Gasteiger partial charge in [0, 0.05) is 6.08 Å². The highest BCUT2D eigenvalue weighted by molar-refractivity contribution is 5.86. The molecule has 0 fully saturated rings. The van der Waals surface area contributed by atoms with Gasteiger partial charge in [0.2, 0.25) is 5.88 Å². The molecule has 0 saturated carbocycles. The average Bonchev–Trinajstić information content (AvgIpc) is 2.54. The number of aryl methyl sites for hydroxylation is 1. The third kappa shape index (κ3) is 4.01. The lowest BCUT2D eigenvalue weighted by molar-refractivity contribution is -0.134. The monoisotopic (exact) mass is 330 g/mol. The molecule has 1 heterocycles. The fourth-order valence-electron chi connectivity index (χ4n) is 2.13. The number of nitrogens with one attached hydrogen (secondary N) is 2. The van der Waals surface area contributed by atoms with Crippen LogP contribution in [0.3, 0.4) is 0 Å². The highest BCUT2D eigenvalue weighted by Crippen LogP contribution is 2.25. The second kappa shape index (κ2) is 7.45. The number of aromatic amines is 2. The Morgan fingerprint density at radius 3 is 2.62 bits per heavy atom. The molecule has 0 unspecified atom stereocenters. The standard InChI is InChI=1S/C17H18N2O5/c1-4-12-15(21)18-17(22)19-16(12)24-13-7-5-11(9-10(13)2)6-8-14(20)23-3/h5-9H,4H2,1-3H3,(H2,18,19,21,22)/b8-6+. The molecule has 1 aromatic heterocycles. The predicted molar refractivity (Wildman–Crippen MR) is 89.4 cm³/mol. The van der Waals surface area contributed by atoms with Crippen LogP contribution in [0.1, 0.15) is 23.6 Å². The van der Waals surface area contributed by atoms with Gasteiger partial charge < -0.3 is 9.47 Å². The van der Waals surface area contributed by atoms with E-state index in [1.165, 1.54) is 13.2 Å². The lowest BCUT2D eigenvalue weighted by Gasteiger charge is -2.11. The number of methoxy groups -OCH3 is 1. The molecule has 24 heavy (non-hydrogen) atoms. The Labute approximate surface area is 138 Å². The van der Waals surface area contributed by atoms with Crippen molar-refractivity contribution >= 4 is 12.0 Å². The van der Waals surface area contributed by atoms with Gasteiger partial charge in [-0.25, -0.2) is 9.59 Å². The van der Waals surface area contributed by atoms with Crippen molar-refractivity contribution in [2.75, 3.05) is 7.11 Å². The summed E-state index contributed by atoms with van der Waals surface area (Å²) in [4.78, 5) is 39.0. The van der Waals surface area contributed by atoms with E-state index in [1.807, 2.05) is 13.0 Å². The van der Waals surface area contributed by atoms with Crippen LogP contribution < -0.4 is 16.0 Å². The summed E-state index contributed by atoms with van der Waals surface area (Å²) in [6.45, 7) is 3.62. The molecule has 2 rings (SSSR count). The highest BCUT2D eigenvalue weighted by atomic mass is 16.5. The molecule has 0 aliphatic heterocycles. The predicted octanol–water partition coefficient (Wildman–Crippen LogP) is 1.91. The highest BCUT2D eigenvalue weighted by Gasteiger charge is 2.11. The number of esters is 1. The molecule has 7 heteroatoms. The third-order valence-electron chi connectivity index (χ3n) is 3.38. The molecule has 0 aliphatic rings. The summed E-state index contributed by atoms with van der Waals surface area (Å²) in [5, 5.41) is 0. The van der Waals surface area contributed by atoms with E-state index in [1.54, 1.807) is 25.1 Å². The normalized spacial score (nSPS) is 10.8. The van der Waals surface area contributed by atoms with Crippen molar-refractivity contribution < 1.29 is 14.3 Å². The quantitative estimate of drug-likeness (QED) is 0.644. The third-order valence-corrected chi connectivity index (χ3v) is 3.38. The van der Waals surface area contributed by atoms with Crippen molar-refractivity contribution in [3.05, 3.63) is 61.8 Å². The maximum atomic E-state index is 11.8. The summed E-state index contributed by atoms with van der Waals surface area (Å²) >= 11 is 0. The number of H-pyrrole nitrogens is 2. The summed E-state index contributed by atoms with van der Waals surface area (Å²) in [7, 11) is 1.31. The molecule has 0 saturated heterocycles. The fourth-order valence-corrected chi connectivity index (χ4v) is 2.13. The van der Waals surface area contributed by atoms with E-state index in [0.717, 1.165) is 11.1 Å². The van der Waals surface area contributed by atoms with Crippen LogP contribution in [0.5, 0.6) is 11.6 Å². The lowest BCUT2D eigenvalue weighted by atomic mass is 10.1. The van der Waals surface area contributed by atoms with Crippen molar-refractivity contribution in [1.82, 2.24) is 9.97 Å². The molecule has 2 N–H and O–H groups in total. The lowest BCUT2D eigenvalue weighted by Crippen LogP contribution is -2.25. The van der Waals surface area contributed by atoms with E-state index >= 15 is 0 Å². The molecule has 0 amide bonds. The van der Waals surface area contributed by atoms with Gasteiger partial charge in [-0.05, 0) is 42.7 Å². The van der Waals surface area contributed by atoms with E-state index in [2.05, 4.69) is 14.7 Å². The van der Waals surface area contributed by atoms with Crippen LogP contribution in [-0.4, -0.2) is 23.0 Å². The summed E-state index contributed by atoms with van der Waals surface area (Å²) < 4.78 is 10.2. The molecule has 0 spiro atoms. The summed E-state index contributed by atoms with van der Waals surface area (Å²) in [6, 6.07) is 5.26. The van der Waals surface area contributed by atoms with E-state index in [9.17, 15) is 14.4 Å². The van der Waals surface area contributed by atoms with Gasteiger partial charge in [0.15, 0.2) is 0 Å². The van der Waals surface area contributed by atoms with Gasteiger partial charge in [0.25, 0.3) is 5.56 Å². The Morgan fingerprint density at radius 2 is 2.00 bits per heavy atom. The minimum Gasteiger partial charge on any atom is -0.466 e. The molecule has 7 nitrogen and oxygen atoms in total. The van der Waals surface area contributed by atoms with E-state index in [0.29, 0.717) is 17.7 Å². The van der Waals surface area contributed by atoms with Gasteiger partial charge in [0.05, 0.1) is 12.7 Å². The van der Waals surface area contributed by atoms with Crippen LogP contribution in [0.15, 0.2) is 33.9 Å². The van der Waals surface area contributed by atoms with Crippen LogP contribution in [0.2, 0.25) is 0 Å². The number of carbonyl (C=O) groups excluding carboxylic acids is 1. The van der Waals surface area contributed by atoms with Crippen molar-refractivity contribution in [3.8, 4) is 11.6 Å². The number of rotatable bonds is 5. The zero-order valence-electron chi connectivity index (χ0n) is 13.6. The van der Waals surface area contributed by atoms with Crippen LogP contribution in [0, 0.1) is 6.92 Å². The first kappa shape index (κ1) is 17.3. The molecule has 0 atom stereocenters. The molecule has 126 valence electrons. The summed E-state index contributed by atoms with van der Waals surface area (Å²) in [6.07, 6.45) is 3.36. The second-order valence-corrected chi connectivity index (χ2v) is 5.05. The zero-order chi connectivity index (χ0) is 17.7. The first-order valence-corrected chi connectivity index (χ1v) is 7.34. The molecule has 0 bridgehead atoms.